The Morgan fingerprint density at radius 1 is 1.22 bits per heavy atom. The number of aromatic hydroxyl groups is 1. The van der Waals surface area contributed by atoms with Gasteiger partial charge in [-0.3, -0.25) is 4.90 Å². The van der Waals surface area contributed by atoms with Gasteiger partial charge in [0.2, 0.25) is 0 Å². The monoisotopic (exact) mass is 247 g/mol. The van der Waals surface area contributed by atoms with Crippen molar-refractivity contribution in [3.8, 4) is 5.75 Å². The molecule has 0 spiro atoms. The molecule has 4 atom stereocenters. The topological polar surface area (TPSA) is 23.5 Å². The van der Waals surface area contributed by atoms with Crippen LogP contribution in [0.4, 0.5) is 0 Å². The van der Waals surface area contributed by atoms with E-state index in [9.17, 15) is 5.11 Å². The summed E-state index contributed by atoms with van der Waals surface area (Å²) in [4.78, 5) is 2.54. The lowest BCUT2D eigenvalue weighted by Crippen LogP contribution is -2.46. The van der Waals surface area contributed by atoms with Crippen molar-refractivity contribution in [2.24, 2.45) is 11.8 Å². The first-order valence-electron chi connectivity index (χ1n) is 7.04. The average Bonchev–Trinajstić information content (AvgIpc) is 2.33. The summed E-state index contributed by atoms with van der Waals surface area (Å²) in [6.45, 7) is 10.3. The highest BCUT2D eigenvalue weighted by Gasteiger charge is 2.32. The molecule has 1 N–H and O–H groups in total. The molecular weight excluding hydrogens is 222 g/mol. The van der Waals surface area contributed by atoms with Crippen LogP contribution in [0, 0.1) is 11.8 Å². The molecule has 0 aromatic heterocycles. The minimum absolute atomic E-state index is 0.284. The molecule has 2 nitrogen and oxygen atoms in total. The van der Waals surface area contributed by atoms with Crippen LogP contribution >= 0.6 is 0 Å². The summed E-state index contributed by atoms with van der Waals surface area (Å²) in [5.41, 5.74) is 1.05. The quantitative estimate of drug-likeness (QED) is 0.858. The van der Waals surface area contributed by atoms with Crippen LogP contribution in [0.2, 0.25) is 0 Å². The number of hydrogen-bond acceptors (Lipinski definition) is 2. The van der Waals surface area contributed by atoms with Gasteiger partial charge in [-0.05, 0) is 38.2 Å². The van der Waals surface area contributed by atoms with Crippen molar-refractivity contribution in [3.05, 3.63) is 29.8 Å². The molecule has 2 heteroatoms. The number of piperidine rings is 1. The number of hydrogen-bond donors (Lipinski definition) is 1. The van der Waals surface area contributed by atoms with Crippen molar-refractivity contribution in [1.29, 1.82) is 0 Å². The standard InChI is InChI=1S/C16H25NO/c1-11-9-12(2)13(3)17(10-11)14(4)15-7-5-6-8-16(15)18/h5-8,11-14,18H,9-10H2,1-4H3. The number of para-hydroxylation sites is 1. The Morgan fingerprint density at radius 3 is 2.56 bits per heavy atom. The zero-order valence-electron chi connectivity index (χ0n) is 11.9. The fourth-order valence-electron chi connectivity index (χ4n) is 3.29. The third kappa shape index (κ3) is 2.54. The molecule has 0 amide bonds. The summed E-state index contributed by atoms with van der Waals surface area (Å²) >= 11 is 0. The maximum absolute atomic E-state index is 10.0. The Hall–Kier alpha value is -1.02. The number of benzene rings is 1. The van der Waals surface area contributed by atoms with Crippen LogP contribution in [-0.4, -0.2) is 22.6 Å². The van der Waals surface area contributed by atoms with E-state index in [-0.39, 0.29) is 6.04 Å². The molecule has 18 heavy (non-hydrogen) atoms. The molecule has 1 aliphatic rings. The van der Waals surface area contributed by atoms with Gasteiger partial charge >= 0.3 is 0 Å². The molecule has 0 aliphatic carbocycles. The highest BCUT2D eigenvalue weighted by atomic mass is 16.3. The van der Waals surface area contributed by atoms with Crippen molar-refractivity contribution >= 4 is 0 Å². The first-order chi connectivity index (χ1) is 8.50. The summed E-state index contributed by atoms with van der Waals surface area (Å²) in [7, 11) is 0. The van der Waals surface area contributed by atoms with Crippen molar-refractivity contribution in [1.82, 2.24) is 4.90 Å². The van der Waals surface area contributed by atoms with Crippen LogP contribution < -0.4 is 0 Å². The van der Waals surface area contributed by atoms with Gasteiger partial charge in [-0.15, -0.1) is 0 Å². The maximum atomic E-state index is 10.0. The number of phenols is 1. The molecule has 0 radical (unpaired) electrons. The van der Waals surface area contributed by atoms with Gasteiger partial charge in [0.05, 0.1) is 0 Å². The van der Waals surface area contributed by atoms with Crippen LogP contribution in [0.1, 0.15) is 45.7 Å². The molecule has 1 aromatic carbocycles. The van der Waals surface area contributed by atoms with Gasteiger partial charge in [-0.2, -0.15) is 0 Å². The van der Waals surface area contributed by atoms with Crippen LogP contribution in [0.25, 0.3) is 0 Å². The molecule has 4 unspecified atom stereocenters. The van der Waals surface area contributed by atoms with E-state index in [2.05, 4.69) is 32.6 Å². The van der Waals surface area contributed by atoms with E-state index in [0.717, 1.165) is 23.9 Å². The smallest absolute Gasteiger partial charge is 0.120 e. The van der Waals surface area contributed by atoms with Crippen molar-refractivity contribution in [3.63, 3.8) is 0 Å². The van der Waals surface area contributed by atoms with Crippen LogP contribution in [0.5, 0.6) is 5.75 Å². The second-order valence-corrected chi connectivity index (χ2v) is 5.99. The largest absolute Gasteiger partial charge is 0.508 e. The van der Waals surface area contributed by atoms with Gasteiger partial charge in [0.1, 0.15) is 5.75 Å². The lowest BCUT2D eigenvalue weighted by molar-refractivity contribution is 0.0453. The van der Waals surface area contributed by atoms with E-state index in [1.165, 1.54) is 6.42 Å². The Labute approximate surface area is 111 Å². The summed E-state index contributed by atoms with van der Waals surface area (Å²) < 4.78 is 0. The summed E-state index contributed by atoms with van der Waals surface area (Å²) in [6.07, 6.45) is 1.31. The number of likely N-dealkylation sites (tertiary alicyclic amines) is 1. The van der Waals surface area contributed by atoms with E-state index >= 15 is 0 Å². The van der Waals surface area contributed by atoms with Crippen LogP contribution in [0.15, 0.2) is 24.3 Å². The molecule has 100 valence electrons. The van der Waals surface area contributed by atoms with Crippen LogP contribution in [-0.2, 0) is 0 Å². The zero-order valence-corrected chi connectivity index (χ0v) is 11.9. The molecule has 1 saturated heterocycles. The molecule has 1 aliphatic heterocycles. The number of nitrogens with zero attached hydrogens (tertiary/aromatic N) is 1. The van der Waals surface area contributed by atoms with Gasteiger partial charge < -0.3 is 5.11 Å². The maximum Gasteiger partial charge on any atom is 0.120 e. The van der Waals surface area contributed by atoms with E-state index in [0.29, 0.717) is 11.8 Å². The van der Waals surface area contributed by atoms with Crippen LogP contribution in [0.3, 0.4) is 0 Å². The van der Waals surface area contributed by atoms with Gasteiger partial charge in [-0.1, -0.05) is 32.0 Å². The Morgan fingerprint density at radius 2 is 1.89 bits per heavy atom. The molecule has 1 heterocycles. The minimum atomic E-state index is 0.284. The number of rotatable bonds is 2. The second-order valence-electron chi connectivity index (χ2n) is 5.99. The molecular formula is C16H25NO. The number of phenolic OH excluding ortho intramolecular Hbond substituents is 1. The third-order valence-corrected chi connectivity index (χ3v) is 4.53. The van der Waals surface area contributed by atoms with Crippen molar-refractivity contribution < 1.29 is 5.11 Å². The predicted octanol–water partition coefficient (Wildman–Crippen LogP) is 3.82. The van der Waals surface area contributed by atoms with Gasteiger partial charge in [0.15, 0.2) is 0 Å². The molecule has 0 saturated carbocycles. The van der Waals surface area contributed by atoms with Gasteiger partial charge in [0, 0.05) is 24.2 Å². The fourth-order valence-corrected chi connectivity index (χ4v) is 3.29. The van der Waals surface area contributed by atoms with E-state index in [1.54, 1.807) is 6.07 Å². The van der Waals surface area contributed by atoms with E-state index in [4.69, 9.17) is 0 Å². The zero-order chi connectivity index (χ0) is 13.3. The molecule has 2 rings (SSSR count). The summed E-state index contributed by atoms with van der Waals surface area (Å²) in [6, 6.07) is 8.58. The molecule has 1 fully saturated rings. The summed E-state index contributed by atoms with van der Waals surface area (Å²) in [5.74, 6) is 1.88. The van der Waals surface area contributed by atoms with E-state index < -0.39 is 0 Å². The van der Waals surface area contributed by atoms with E-state index in [1.807, 2.05) is 18.2 Å². The average molecular weight is 247 g/mol. The second kappa shape index (κ2) is 5.31. The first-order valence-corrected chi connectivity index (χ1v) is 7.04. The van der Waals surface area contributed by atoms with Crippen molar-refractivity contribution in [2.75, 3.05) is 6.54 Å². The SMILES string of the molecule is CC1CC(C)C(C)N(C(C)c2ccccc2O)C1. The summed E-state index contributed by atoms with van der Waals surface area (Å²) in [5, 5.41) is 10.0. The predicted molar refractivity (Wildman–Crippen MR) is 75.6 cm³/mol. The fraction of sp³-hybridized carbons (Fsp3) is 0.625. The van der Waals surface area contributed by atoms with Crippen molar-refractivity contribution in [2.45, 2.75) is 46.2 Å². The third-order valence-electron chi connectivity index (χ3n) is 4.53. The Bertz CT molecular complexity index is 404. The highest BCUT2D eigenvalue weighted by molar-refractivity contribution is 5.34. The van der Waals surface area contributed by atoms with Gasteiger partial charge in [-0.25, -0.2) is 0 Å². The normalized spacial score (nSPS) is 31.2. The molecule has 1 aromatic rings. The lowest BCUT2D eigenvalue weighted by atomic mass is 9.84. The lowest BCUT2D eigenvalue weighted by Gasteiger charge is -2.44. The Kier molecular flexibility index (Phi) is 3.96. The highest BCUT2D eigenvalue weighted by Crippen LogP contribution is 2.36. The molecule has 0 bridgehead atoms. The minimum Gasteiger partial charge on any atom is -0.508 e. The van der Waals surface area contributed by atoms with Gasteiger partial charge in [0.25, 0.3) is 0 Å². The first kappa shape index (κ1) is 13.4. The Balaban J connectivity index is 2.22.